The summed E-state index contributed by atoms with van der Waals surface area (Å²) in [5.74, 6) is -0.434. The topological polar surface area (TPSA) is 101 Å². The van der Waals surface area contributed by atoms with Crippen LogP contribution in [-0.4, -0.2) is 33.5 Å². The summed E-state index contributed by atoms with van der Waals surface area (Å²) in [5, 5.41) is 14.0. The van der Waals surface area contributed by atoms with Crippen molar-refractivity contribution in [2.45, 2.75) is 18.2 Å². The average molecular weight is 503 g/mol. The number of ketones is 1. The highest BCUT2D eigenvalue weighted by Gasteiger charge is 2.14. The van der Waals surface area contributed by atoms with E-state index in [-0.39, 0.29) is 23.4 Å². The Bertz CT molecular complexity index is 1370. The fourth-order valence-electron chi connectivity index (χ4n) is 3.22. The smallest absolute Gasteiger partial charge is 0.257 e. The molecule has 0 aliphatic carbocycles. The third-order valence-corrected chi connectivity index (χ3v) is 7.25. The number of hydrogen-bond donors (Lipinski definition) is 2. The second kappa shape index (κ2) is 11.1. The summed E-state index contributed by atoms with van der Waals surface area (Å²) in [7, 11) is 0. The fraction of sp³-hybridized carbons (Fsp3) is 0.115. The molecule has 35 heavy (non-hydrogen) atoms. The second-order valence-corrected chi connectivity index (χ2v) is 9.88. The number of anilines is 2. The average Bonchev–Trinajstić information content (AvgIpc) is 3.33. The van der Waals surface area contributed by atoms with Gasteiger partial charge in [0.2, 0.25) is 11.0 Å². The number of rotatable bonds is 8. The fourth-order valence-corrected chi connectivity index (χ4v) is 4.76. The predicted octanol–water partition coefficient (Wildman–Crippen LogP) is 5.37. The van der Waals surface area contributed by atoms with Gasteiger partial charge >= 0.3 is 0 Å². The molecule has 176 valence electrons. The molecule has 4 aromatic rings. The van der Waals surface area contributed by atoms with Gasteiger partial charge in [0.05, 0.1) is 5.75 Å². The maximum absolute atomic E-state index is 12.6. The SMILES string of the molecule is Cc1cccc(NC(=O)CSc2nnc(NC(=O)c3ccc(C(=O)c4ccccc4)cc3)s2)c1C. The van der Waals surface area contributed by atoms with Gasteiger partial charge in [-0.3, -0.25) is 19.7 Å². The zero-order valence-electron chi connectivity index (χ0n) is 19.1. The normalized spacial score (nSPS) is 10.6. The van der Waals surface area contributed by atoms with E-state index in [1.807, 2.05) is 38.1 Å². The lowest BCUT2D eigenvalue weighted by Crippen LogP contribution is -2.15. The van der Waals surface area contributed by atoms with Crippen LogP contribution < -0.4 is 10.6 Å². The number of aryl methyl sites for hydroxylation is 1. The number of carbonyl (C=O) groups is 3. The number of thioether (sulfide) groups is 1. The van der Waals surface area contributed by atoms with Crippen LogP contribution in [0.3, 0.4) is 0 Å². The molecule has 1 heterocycles. The van der Waals surface area contributed by atoms with E-state index in [2.05, 4.69) is 20.8 Å². The highest BCUT2D eigenvalue weighted by Crippen LogP contribution is 2.26. The number of nitrogens with one attached hydrogen (secondary N) is 2. The van der Waals surface area contributed by atoms with E-state index in [4.69, 9.17) is 0 Å². The number of amides is 2. The van der Waals surface area contributed by atoms with Crippen LogP contribution >= 0.6 is 23.1 Å². The molecule has 9 heteroatoms. The summed E-state index contributed by atoms with van der Waals surface area (Å²) in [6.07, 6.45) is 0. The van der Waals surface area contributed by atoms with Gasteiger partial charge < -0.3 is 5.32 Å². The summed E-state index contributed by atoms with van der Waals surface area (Å²) >= 11 is 2.44. The lowest BCUT2D eigenvalue weighted by molar-refractivity contribution is -0.113. The van der Waals surface area contributed by atoms with Crippen LogP contribution in [0, 0.1) is 13.8 Å². The van der Waals surface area contributed by atoms with Gasteiger partial charge in [0.15, 0.2) is 10.1 Å². The molecule has 0 aliphatic heterocycles. The molecule has 0 saturated heterocycles. The molecule has 0 aliphatic rings. The molecule has 4 rings (SSSR count). The Balaban J connectivity index is 1.30. The maximum Gasteiger partial charge on any atom is 0.257 e. The summed E-state index contributed by atoms with van der Waals surface area (Å²) in [5.41, 5.74) is 4.42. The molecule has 1 aromatic heterocycles. The van der Waals surface area contributed by atoms with E-state index >= 15 is 0 Å². The third kappa shape index (κ3) is 6.20. The molecule has 2 amide bonds. The Kier molecular flexibility index (Phi) is 7.69. The molecule has 3 aromatic carbocycles. The van der Waals surface area contributed by atoms with Crippen LogP contribution in [0.4, 0.5) is 10.8 Å². The van der Waals surface area contributed by atoms with E-state index in [1.54, 1.807) is 48.5 Å². The van der Waals surface area contributed by atoms with Crippen LogP contribution in [0.1, 0.15) is 37.4 Å². The first-order chi connectivity index (χ1) is 16.9. The second-order valence-electron chi connectivity index (χ2n) is 7.68. The largest absolute Gasteiger partial charge is 0.325 e. The van der Waals surface area contributed by atoms with Crippen molar-refractivity contribution >= 4 is 51.5 Å². The maximum atomic E-state index is 12.6. The first-order valence-corrected chi connectivity index (χ1v) is 12.5. The van der Waals surface area contributed by atoms with E-state index in [9.17, 15) is 14.4 Å². The minimum atomic E-state index is -0.357. The number of carbonyl (C=O) groups excluding carboxylic acids is 3. The van der Waals surface area contributed by atoms with Crippen LogP contribution in [0.2, 0.25) is 0 Å². The minimum Gasteiger partial charge on any atom is -0.325 e. The van der Waals surface area contributed by atoms with Crippen LogP contribution in [0.5, 0.6) is 0 Å². The summed E-state index contributed by atoms with van der Waals surface area (Å²) in [6, 6.07) is 21.2. The van der Waals surface area contributed by atoms with Crippen molar-refractivity contribution in [1.29, 1.82) is 0 Å². The summed E-state index contributed by atoms with van der Waals surface area (Å²) < 4.78 is 0.570. The van der Waals surface area contributed by atoms with E-state index < -0.39 is 0 Å². The van der Waals surface area contributed by atoms with Crippen LogP contribution in [0.25, 0.3) is 0 Å². The quantitative estimate of drug-likeness (QED) is 0.191. The van der Waals surface area contributed by atoms with Crippen molar-refractivity contribution in [3.05, 3.63) is 101 Å². The molecule has 0 bridgehead atoms. The molecule has 0 radical (unpaired) electrons. The number of nitrogens with zero attached hydrogens (tertiary/aromatic N) is 2. The monoisotopic (exact) mass is 502 g/mol. The van der Waals surface area contributed by atoms with Gasteiger partial charge in [-0.15, -0.1) is 10.2 Å². The van der Waals surface area contributed by atoms with Crippen molar-refractivity contribution < 1.29 is 14.4 Å². The van der Waals surface area contributed by atoms with Gasteiger partial charge in [-0.25, -0.2) is 0 Å². The summed E-state index contributed by atoms with van der Waals surface area (Å²) in [6.45, 7) is 3.96. The Labute approximate surface area is 211 Å². The first kappa shape index (κ1) is 24.3. The van der Waals surface area contributed by atoms with E-state index in [0.717, 1.165) is 16.8 Å². The van der Waals surface area contributed by atoms with Crippen molar-refractivity contribution in [2.75, 3.05) is 16.4 Å². The minimum absolute atomic E-state index is 0.107. The molecular weight excluding hydrogens is 480 g/mol. The highest BCUT2D eigenvalue weighted by molar-refractivity contribution is 8.01. The van der Waals surface area contributed by atoms with Gasteiger partial charge in [0.25, 0.3) is 5.91 Å². The van der Waals surface area contributed by atoms with Gasteiger partial charge in [-0.2, -0.15) is 0 Å². The molecule has 0 atom stereocenters. The van der Waals surface area contributed by atoms with Crippen LogP contribution in [-0.2, 0) is 4.79 Å². The predicted molar refractivity (Wildman–Crippen MR) is 139 cm³/mol. The van der Waals surface area contributed by atoms with Gasteiger partial charge in [0.1, 0.15) is 0 Å². The van der Waals surface area contributed by atoms with Gasteiger partial charge in [-0.05, 0) is 43.2 Å². The Morgan fingerprint density at radius 3 is 2.23 bits per heavy atom. The zero-order chi connectivity index (χ0) is 24.8. The zero-order valence-corrected chi connectivity index (χ0v) is 20.7. The number of hydrogen-bond acceptors (Lipinski definition) is 7. The Morgan fingerprint density at radius 1 is 0.800 bits per heavy atom. The van der Waals surface area contributed by atoms with Gasteiger partial charge in [-0.1, -0.05) is 77.7 Å². The molecule has 2 N–H and O–H groups in total. The molecule has 0 spiro atoms. The summed E-state index contributed by atoms with van der Waals surface area (Å²) in [4.78, 5) is 37.4. The lowest BCUT2D eigenvalue weighted by atomic mass is 10.0. The van der Waals surface area contributed by atoms with Crippen molar-refractivity contribution in [2.24, 2.45) is 0 Å². The molecule has 7 nitrogen and oxygen atoms in total. The first-order valence-electron chi connectivity index (χ1n) is 10.7. The molecule has 0 saturated carbocycles. The van der Waals surface area contributed by atoms with Crippen molar-refractivity contribution in [3.8, 4) is 0 Å². The Morgan fingerprint density at radius 2 is 1.49 bits per heavy atom. The molecule has 0 fully saturated rings. The Hall–Kier alpha value is -3.82. The number of aromatic nitrogens is 2. The standard InChI is InChI=1S/C26H22N4O3S2/c1-16-7-6-10-21(17(16)2)27-22(31)15-34-26-30-29-25(35-26)28-24(33)20-13-11-19(12-14-20)23(32)18-8-4-3-5-9-18/h3-14H,15H2,1-2H3,(H,27,31)(H,28,29,33). The van der Waals surface area contributed by atoms with Crippen molar-refractivity contribution in [3.63, 3.8) is 0 Å². The van der Waals surface area contributed by atoms with Crippen LogP contribution in [0.15, 0.2) is 77.1 Å². The highest BCUT2D eigenvalue weighted by atomic mass is 32.2. The van der Waals surface area contributed by atoms with E-state index in [1.165, 1.54) is 23.1 Å². The number of benzene rings is 3. The lowest BCUT2D eigenvalue weighted by Gasteiger charge is -2.09. The molecule has 0 unspecified atom stereocenters. The third-order valence-electron chi connectivity index (χ3n) is 5.28. The van der Waals surface area contributed by atoms with Gasteiger partial charge in [0, 0.05) is 22.4 Å². The van der Waals surface area contributed by atoms with E-state index in [0.29, 0.717) is 26.2 Å². The molecular formula is C26H22N4O3S2. The van der Waals surface area contributed by atoms with Crippen molar-refractivity contribution in [1.82, 2.24) is 10.2 Å².